The van der Waals surface area contributed by atoms with E-state index in [1.54, 1.807) is 12.1 Å². The van der Waals surface area contributed by atoms with E-state index in [1.807, 2.05) is 25.1 Å². The highest BCUT2D eigenvalue weighted by Gasteiger charge is 2.25. The van der Waals surface area contributed by atoms with Crippen molar-refractivity contribution in [2.45, 2.75) is 25.4 Å². The maximum absolute atomic E-state index is 11.6. The van der Waals surface area contributed by atoms with Crippen LogP contribution >= 0.6 is 11.3 Å². The highest BCUT2D eigenvalue weighted by molar-refractivity contribution is 7.15. The van der Waals surface area contributed by atoms with E-state index in [0.29, 0.717) is 10.6 Å². The van der Waals surface area contributed by atoms with Crippen molar-refractivity contribution in [2.24, 2.45) is 0 Å². The van der Waals surface area contributed by atoms with E-state index >= 15 is 0 Å². The lowest BCUT2D eigenvalue weighted by Gasteiger charge is -2.14. The molecule has 0 spiro atoms. The number of carbonyl (C=O) groups is 1. The molecule has 0 saturated heterocycles. The van der Waals surface area contributed by atoms with Gasteiger partial charge in [-0.15, -0.1) is 11.3 Å². The summed E-state index contributed by atoms with van der Waals surface area (Å²) >= 11 is 1.40. The summed E-state index contributed by atoms with van der Waals surface area (Å²) in [5.74, 6) is -0.965. The van der Waals surface area contributed by atoms with Crippen LogP contribution in [0.2, 0.25) is 0 Å². The number of rotatable bonds is 3. The van der Waals surface area contributed by atoms with Gasteiger partial charge in [0.15, 0.2) is 0 Å². The zero-order valence-corrected chi connectivity index (χ0v) is 13.4. The average Bonchev–Trinajstić information content (AvgIpc) is 2.92. The minimum Gasteiger partial charge on any atom is -0.478 e. The molecule has 0 radical (unpaired) electrons. The van der Waals surface area contributed by atoms with Crippen LogP contribution in [0.1, 0.15) is 39.9 Å². The van der Waals surface area contributed by atoms with Crippen LogP contribution in [-0.4, -0.2) is 35.3 Å². The number of carboxylic acid groups (broad SMARTS) is 1. The molecule has 1 aromatic heterocycles. The van der Waals surface area contributed by atoms with Crippen LogP contribution < -0.4 is 4.90 Å². The van der Waals surface area contributed by atoms with Gasteiger partial charge in [-0.2, -0.15) is 0 Å². The van der Waals surface area contributed by atoms with Crippen LogP contribution in [0.3, 0.4) is 0 Å². The van der Waals surface area contributed by atoms with E-state index in [-0.39, 0.29) is 5.56 Å². The van der Waals surface area contributed by atoms with Gasteiger partial charge >= 0.3 is 5.97 Å². The van der Waals surface area contributed by atoms with Crippen molar-refractivity contribution >= 4 is 23.0 Å². The number of fused-ring (bicyclic) bond motifs is 1. The Morgan fingerprint density at radius 3 is 2.82 bits per heavy atom. The predicted molar refractivity (Wildman–Crippen MR) is 86.7 cm³/mol. The van der Waals surface area contributed by atoms with Gasteiger partial charge in [0.2, 0.25) is 0 Å². The van der Waals surface area contributed by atoms with Crippen molar-refractivity contribution < 1.29 is 15.0 Å². The maximum Gasteiger partial charge on any atom is 0.336 e. The number of aromatic nitrogens is 1. The Morgan fingerprint density at radius 2 is 2.18 bits per heavy atom. The number of anilines is 1. The maximum atomic E-state index is 11.6. The van der Waals surface area contributed by atoms with Crippen LogP contribution in [0.15, 0.2) is 18.2 Å². The largest absolute Gasteiger partial charge is 0.478 e. The molecule has 0 amide bonds. The molecule has 0 fully saturated rings. The van der Waals surface area contributed by atoms with Crippen LogP contribution in [0, 0.1) is 0 Å². The number of aromatic carboxylic acids is 1. The number of hydrogen-bond acceptors (Lipinski definition) is 5. The number of nitrogens with zero attached hydrogens (tertiary/aromatic N) is 2. The molecule has 0 bridgehead atoms. The molecule has 1 heterocycles. The fourth-order valence-electron chi connectivity index (χ4n) is 2.69. The Bertz CT molecular complexity index is 724. The van der Waals surface area contributed by atoms with Crippen LogP contribution in [0.5, 0.6) is 0 Å². The smallest absolute Gasteiger partial charge is 0.336 e. The van der Waals surface area contributed by atoms with Gasteiger partial charge in [-0.3, -0.25) is 0 Å². The highest BCUT2D eigenvalue weighted by atomic mass is 32.1. The lowest BCUT2D eigenvalue weighted by atomic mass is 10.0. The third-order valence-corrected chi connectivity index (χ3v) is 5.13. The number of carboxylic acids is 1. The molecular weight excluding hydrogens is 300 g/mol. The van der Waals surface area contributed by atoms with Crippen molar-refractivity contribution in [2.75, 3.05) is 19.0 Å². The summed E-state index contributed by atoms with van der Waals surface area (Å²) in [6.45, 7) is 0. The second-order valence-electron chi connectivity index (χ2n) is 5.67. The first-order valence-corrected chi connectivity index (χ1v) is 8.01. The minimum atomic E-state index is -0.965. The fraction of sp³-hybridized carbons (Fsp3) is 0.375. The van der Waals surface area contributed by atoms with Crippen molar-refractivity contribution in [3.8, 4) is 10.6 Å². The topological polar surface area (TPSA) is 73.7 Å². The van der Waals surface area contributed by atoms with Crippen LogP contribution in [0.4, 0.5) is 5.69 Å². The molecule has 22 heavy (non-hydrogen) atoms. The zero-order valence-electron chi connectivity index (χ0n) is 12.5. The van der Waals surface area contributed by atoms with E-state index in [0.717, 1.165) is 35.5 Å². The number of hydrogen-bond donors (Lipinski definition) is 2. The Hall–Kier alpha value is -1.92. The Morgan fingerprint density at radius 1 is 1.41 bits per heavy atom. The summed E-state index contributed by atoms with van der Waals surface area (Å²) in [6, 6.07) is 5.35. The summed E-state index contributed by atoms with van der Waals surface area (Å²) in [6.07, 6.45) is 2.05. The molecule has 1 unspecified atom stereocenters. The second-order valence-corrected chi connectivity index (χ2v) is 6.70. The Labute approximate surface area is 132 Å². The molecule has 0 aliphatic heterocycles. The average molecular weight is 318 g/mol. The van der Waals surface area contributed by atoms with Gasteiger partial charge in [0.25, 0.3) is 0 Å². The quantitative estimate of drug-likeness (QED) is 0.910. The molecule has 1 aliphatic carbocycles. The Kier molecular flexibility index (Phi) is 3.88. The number of benzene rings is 1. The number of aliphatic hydroxyl groups excluding tert-OH is 1. The molecule has 0 saturated carbocycles. The van der Waals surface area contributed by atoms with Crippen molar-refractivity contribution in [3.05, 3.63) is 34.3 Å². The fourth-order valence-corrected chi connectivity index (χ4v) is 3.86. The first kappa shape index (κ1) is 15.0. The standard InChI is InChI=1S/C16H18N2O3S/c1-18(2)9-6-7-10(11(8-9)16(20)21)15-17-12-4-3-5-13(19)14(12)22-15/h6-8,13,19H,3-5H2,1-2H3,(H,20,21). The van der Waals surface area contributed by atoms with Crippen molar-refractivity contribution in [1.82, 2.24) is 4.98 Å². The molecule has 6 heteroatoms. The van der Waals surface area contributed by atoms with Gasteiger partial charge in [0, 0.05) is 25.3 Å². The number of aryl methyl sites for hydroxylation is 1. The van der Waals surface area contributed by atoms with Crippen molar-refractivity contribution in [3.63, 3.8) is 0 Å². The van der Waals surface area contributed by atoms with E-state index < -0.39 is 12.1 Å². The van der Waals surface area contributed by atoms with E-state index in [1.165, 1.54) is 11.3 Å². The molecule has 5 nitrogen and oxygen atoms in total. The van der Waals surface area contributed by atoms with Gasteiger partial charge < -0.3 is 15.1 Å². The normalized spacial score (nSPS) is 17.1. The highest BCUT2D eigenvalue weighted by Crippen LogP contribution is 2.39. The predicted octanol–water partition coefficient (Wildman–Crippen LogP) is 2.94. The number of thiazole rings is 1. The zero-order chi connectivity index (χ0) is 15.9. The summed E-state index contributed by atoms with van der Waals surface area (Å²) in [7, 11) is 3.75. The molecule has 1 aliphatic rings. The molecular formula is C16H18N2O3S. The summed E-state index contributed by atoms with van der Waals surface area (Å²) in [5.41, 5.74) is 2.60. The van der Waals surface area contributed by atoms with Crippen LogP contribution in [0.25, 0.3) is 10.6 Å². The monoisotopic (exact) mass is 318 g/mol. The number of aliphatic hydroxyl groups is 1. The van der Waals surface area contributed by atoms with Crippen molar-refractivity contribution in [1.29, 1.82) is 0 Å². The first-order valence-electron chi connectivity index (χ1n) is 7.20. The van der Waals surface area contributed by atoms with Gasteiger partial charge in [0.05, 0.1) is 22.2 Å². The Balaban J connectivity index is 2.10. The lowest BCUT2D eigenvalue weighted by molar-refractivity contribution is 0.0697. The molecule has 2 aromatic rings. The molecule has 1 atom stereocenters. The third kappa shape index (κ3) is 2.60. The molecule has 116 valence electrons. The second kappa shape index (κ2) is 5.70. The molecule has 1 aromatic carbocycles. The van der Waals surface area contributed by atoms with Crippen LogP contribution in [-0.2, 0) is 6.42 Å². The molecule has 3 rings (SSSR count). The SMILES string of the molecule is CN(C)c1ccc(-c2nc3c(s2)C(O)CCC3)c(C(=O)O)c1. The first-order chi connectivity index (χ1) is 10.5. The summed E-state index contributed by atoms with van der Waals surface area (Å²) in [4.78, 5) is 18.9. The van der Waals surface area contributed by atoms with E-state index in [9.17, 15) is 15.0 Å². The lowest BCUT2D eigenvalue weighted by Crippen LogP contribution is -2.10. The minimum absolute atomic E-state index is 0.242. The van der Waals surface area contributed by atoms with Gasteiger partial charge in [-0.1, -0.05) is 0 Å². The molecule has 2 N–H and O–H groups in total. The summed E-state index contributed by atoms with van der Waals surface area (Å²) in [5, 5.41) is 20.2. The van der Waals surface area contributed by atoms with Gasteiger partial charge in [0.1, 0.15) is 5.01 Å². The van der Waals surface area contributed by atoms with E-state index in [4.69, 9.17) is 0 Å². The van der Waals surface area contributed by atoms with E-state index in [2.05, 4.69) is 4.98 Å². The van der Waals surface area contributed by atoms with Gasteiger partial charge in [-0.05, 0) is 37.5 Å². The summed E-state index contributed by atoms with van der Waals surface area (Å²) < 4.78 is 0. The third-order valence-electron chi connectivity index (χ3n) is 3.90. The van der Waals surface area contributed by atoms with Gasteiger partial charge in [-0.25, -0.2) is 9.78 Å².